The average Bonchev–Trinajstić information content (AvgIpc) is 3.35. The van der Waals surface area contributed by atoms with Crippen LogP contribution in [0, 0.1) is 13.8 Å². The van der Waals surface area contributed by atoms with Gasteiger partial charge in [-0.3, -0.25) is 13.9 Å². The van der Waals surface area contributed by atoms with E-state index in [1.54, 1.807) is 18.3 Å². The van der Waals surface area contributed by atoms with Crippen molar-refractivity contribution in [3.63, 3.8) is 0 Å². The number of rotatable bonds is 5. The third kappa shape index (κ3) is 4.27. The molecule has 5 rings (SSSR count). The smallest absolute Gasteiger partial charge is 0.348 e. The van der Waals surface area contributed by atoms with E-state index in [9.17, 15) is 9.59 Å². The van der Waals surface area contributed by atoms with Gasteiger partial charge in [-0.15, -0.1) is 11.3 Å². The summed E-state index contributed by atoms with van der Waals surface area (Å²) in [5, 5.41) is 6.20. The number of carbonyl (C=O) groups is 1. The Morgan fingerprint density at radius 1 is 1.12 bits per heavy atom. The molecule has 0 atom stereocenters. The Kier molecular flexibility index (Phi) is 5.47. The van der Waals surface area contributed by atoms with E-state index < -0.39 is 5.97 Å². The Morgan fingerprint density at radius 2 is 1.91 bits per heavy atom. The first-order chi connectivity index (χ1) is 15.9. The van der Waals surface area contributed by atoms with E-state index in [1.807, 2.05) is 48.9 Å². The lowest BCUT2D eigenvalue weighted by atomic mass is 10.2. The van der Waals surface area contributed by atoms with Gasteiger partial charge in [-0.2, -0.15) is 5.10 Å². The topological polar surface area (TPSA) is 78.5 Å². The maximum atomic E-state index is 12.7. The van der Waals surface area contributed by atoms with Gasteiger partial charge in [0.15, 0.2) is 0 Å². The van der Waals surface area contributed by atoms with Crippen molar-refractivity contribution in [1.82, 2.24) is 19.2 Å². The molecule has 166 valence electrons. The average molecular weight is 479 g/mol. The molecule has 5 aromatic rings. The van der Waals surface area contributed by atoms with Gasteiger partial charge in [0.2, 0.25) is 0 Å². The van der Waals surface area contributed by atoms with Crippen LogP contribution in [0.1, 0.15) is 32.2 Å². The highest BCUT2D eigenvalue weighted by atomic mass is 35.5. The molecule has 0 saturated heterocycles. The number of benzene rings is 1. The fourth-order valence-electron chi connectivity index (χ4n) is 3.63. The normalized spacial score (nSPS) is 11.4. The van der Waals surface area contributed by atoms with Crippen molar-refractivity contribution < 1.29 is 9.53 Å². The fraction of sp³-hybridized carbons (Fsp3) is 0.167. The Balaban J connectivity index is 1.35. The molecule has 0 saturated carbocycles. The molecule has 0 aliphatic heterocycles. The highest BCUT2D eigenvalue weighted by Crippen LogP contribution is 2.29. The molecular weight excluding hydrogens is 460 g/mol. The summed E-state index contributed by atoms with van der Waals surface area (Å²) in [4.78, 5) is 30.9. The van der Waals surface area contributed by atoms with Gasteiger partial charge in [0.1, 0.15) is 22.0 Å². The molecule has 0 spiro atoms. The summed E-state index contributed by atoms with van der Waals surface area (Å²) in [6.07, 6.45) is 1.73. The number of ether oxygens (including phenoxy) is 1. The number of aryl methyl sites for hydroxylation is 2. The number of hydrogen-bond donors (Lipinski definition) is 0. The van der Waals surface area contributed by atoms with Gasteiger partial charge < -0.3 is 4.74 Å². The third-order valence-corrected chi connectivity index (χ3v) is 6.65. The van der Waals surface area contributed by atoms with E-state index >= 15 is 0 Å². The summed E-state index contributed by atoms with van der Waals surface area (Å²) >= 11 is 7.31. The monoisotopic (exact) mass is 478 g/mol. The molecule has 1 aromatic carbocycles. The number of hydrogen-bond acceptors (Lipinski definition) is 6. The second kappa shape index (κ2) is 8.46. The molecule has 7 nitrogen and oxygen atoms in total. The Labute approximate surface area is 197 Å². The van der Waals surface area contributed by atoms with E-state index in [1.165, 1.54) is 21.8 Å². The van der Waals surface area contributed by atoms with Crippen LogP contribution in [0.3, 0.4) is 0 Å². The van der Waals surface area contributed by atoms with Crippen LogP contribution in [0.4, 0.5) is 0 Å². The summed E-state index contributed by atoms with van der Waals surface area (Å²) in [6.45, 7) is 4.31. The fourth-order valence-corrected chi connectivity index (χ4v) is 4.81. The van der Waals surface area contributed by atoms with Crippen LogP contribution in [0.15, 0.2) is 59.5 Å². The first kappa shape index (κ1) is 21.4. The first-order valence-corrected chi connectivity index (χ1v) is 11.4. The molecule has 33 heavy (non-hydrogen) atoms. The number of fused-ring (bicyclic) bond motifs is 2. The number of nitrogens with zero attached hydrogens (tertiary/aromatic N) is 4. The van der Waals surface area contributed by atoms with Gasteiger partial charge >= 0.3 is 5.97 Å². The summed E-state index contributed by atoms with van der Waals surface area (Å²) in [5.74, 6) is -0.459. The molecule has 4 heterocycles. The Hall–Kier alpha value is -3.49. The molecule has 0 amide bonds. The van der Waals surface area contributed by atoms with Crippen molar-refractivity contribution in [2.45, 2.75) is 27.0 Å². The van der Waals surface area contributed by atoms with Gasteiger partial charge in [0, 0.05) is 22.7 Å². The molecular formula is C24H19ClN4O3S. The number of pyridine rings is 1. The van der Waals surface area contributed by atoms with E-state index in [-0.39, 0.29) is 12.2 Å². The Bertz CT molecular complexity index is 1570. The maximum absolute atomic E-state index is 12.7. The van der Waals surface area contributed by atoms with Crippen LogP contribution in [-0.4, -0.2) is 25.1 Å². The van der Waals surface area contributed by atoms with Gasteiger partial charge in [-0.25, -0.2) is 9.78 Å². The second-order valence-corrected chi connectivity index (χ2v) is 9.26. The van der Waals surface area contributed by atoms with E-state index in [0.717, 1.165) is 27.0 Å². The van der Waals surface area contributed by atoms with Gasteiger partial charge in [0.05, 0.1) is 17.9 Å². The number of halogens is 1. The van der Waals surface area contributed by atoms with Gasteiger partial charge in [0.25, 0.3) is 5.56 Å². The zero-order chi connectivity index (χ0) is 23.1. The van der Waals surface area contributed by atoms with Crippen molar-refractivity contribution in [1.29, 1.82) is 0 Å². The minimum absolute atomic E-state index is 0.0808. The van der Waals surface area contributed by atoms with Crippen LogP contribution in [-0.2, 0) is 17.9 Å². The second-order valence-electron chi connectivity index (χ2n) is 7.80. The first-order valence-electron chi connectivity index (χ1n) is 10.2. The number of carbonyl (C=O) groups excluding carboxylic acids is 1. The van der Waals surface area contributed by atoms with Crippen molar-refractivity contribution >= 4 is 44.8 Å². The number of thiophene rings is 1. The molecule has 0 aliphatic carbocycles. The summed E-state index contributed by atoms with van der Waals surface area (Å²) < 4.78 is 8.82. The molecule has 9 heteroatoms. The van der Waals surface area contributed by atoms with Crippen molar-refractivity contribution in [2.75, 3.05) is 0 Å². The SMILES string of the molecule is Cc1ccc2nc(COC(=O)c3cc4c(C)nn(Cc5ccc(Cl)cc5)c4s3)cc(=O)n2c1. The molecule has 0 bridgehead atoms. The summed E-state index contributed by atoms with van der Waals surface area (Å²) in [6, 6.07) is 14.4. The lowest BCUT2D eigenvalue weighted by Gasteiger charge is -2.06. The largest absolute Gasteiger partial charge is 0.455 e. The van der Waals surface area contributed by atoms with Crippen LogP contribution in [0.2, 0.25) is 5.02 Å². The maximum Gasteiger partial charge on any atom is 0.348 e. The molecule has 0 fully saturated rings. The summed E-state index contributed by atoms with van der Waals surface area (Å²) in [7, 11) is 0. The standard InChI is InChI=1S/C24H19ClN4O3S/c1-14-3-8-21-26-18(9-22(30)28(21)11-14)13-32-24(31)20-10-19-15(2)27-29(23(19)33-20)12-16-4-6-17(25)7-5-16/h3-11H,12-13H2,1-2H3. The van der Waals surface area contributed by atoms with Crippen LogP contribution < -0.4 is 5.56 Å². The Morgan fingerprint density at radius 3 is 2.70 bits per heavy atom. The van der Waals surface area contributed by atoms with E-state index in [2.05, 4.69) is 10.1 Å². The molecule has 0 N–H and O–H groups in total. The number of esters is 1. The predicted octanol–water partition coefficient (Wildman–Crippen LogP) is 4.78. The van der Waals surface area contributed by atoms with E-state index in [4.69, 9.17) is 16.3 Å². The quantitative estimate of drug-likeness (QED) is 0.340. The van der Waals surface area contributed by atoms with Gasteiger partial charge in [-0.1, -0.05) is 29.8 Å². The van der Waals surface area contributed by atoms with Crippen LogP contribution >= 0.6 is 22.9 Å². The zero-order valence-corrected chi connectivity index (χ0v) is 19.5. The minimum atomic E-state index is -0.459. The lowest BCUT2D eigenvalue weighted by Crippen LogP contribution is -2.16. The van der Waals surface area contributed by atoms with Crippen molar-refractivity contribution in [3.8, 4) is 0 Å². The van der Waals surface area contributed by atoms with Crippen molar-refractivity contribution in [3.05, 3.63) is 97.5 Å². The van der Waals surface area contributed by atoms with E-state index in [0.29, 0.717) is 27.8 Å². The molecule has 4 aromatic heterocycles. The van der Waals surface area contributed by atoms with Crippen LogP contribution in [0.25, 0.3) is 15.9 Å². The van der Waals surface area contributed by atoms with Gasteiger partial charge in [-0.05, 0) is 49.2 Å². The van der Waals surface area contributed by atoms with Crippen molar-refractivity contribution in [2.24, 2.45) is 0 Å². The third-order valence-electron chi connectivity index (χ3n) is 5.27. The van der Waals surface area contributed by atoms with Crippen LogP contribution in [0.5, 0.6) is 0 Å². The predicted molar refractivity (Wildman–Crippen MR) is 128 cm³/mol. The molecule has 0 aliphatic rings. The lowest BCUT2D eigenvalue weighted by molar-refractivity contribution is 0.0473. The molecule has 0 radical (unpaired) electrons. The highest BCUT2D eigenvalue weighted by molar-refractivity contribution is 7.20. The highest BCUT2D eigenvalue weighted by Gasteiger charge is 2.18. The summed E-state index contributed by atoms with van der Waals surface area (Å²) in [5.41, 5.74) is 3.57. The molecule has 0 unspecified atom stereocenters. The zero-order valence-electron chi connectivity index (χ0n) is 17.9. The number of aromatic nitrogens is 4. The minimum Gasteiger partial charge on any atom is -0.455 e.